The van der Waals surface area contributed by atoms with Gasteiger partial charge in [-0.25, -0.2) is 9.67 Å². The van der Waals surface area contributed by atoms with Crippen molar-refractivity contribution in [2.24, 2.45) is 0 Å². The van der Waals surface area contributed by atoms with Crippen LogP contribution in [0.15, 0.2) is 18.2 Å². The Balaban J connectivity index is 2.38. The van der Waals surface area contributed by atoms with Crippen LogP contribution in [0, 0.1) is 0 Å². The van der Waals surface area contributed by atoms with Gasteiger partial charge in [-0.05, 0) is 18.2 Å². The molecular weight excluding hydrogens is 495 g/mol. The lowest BCUT2D eigenvalue weighted by molar-refractivity contribution is -0.291. The zero-order valence-electron chi connectivity index (χ0n) is 13.8. The summed E-state index contributed by atoms with van der Waals surface area (Å²) in [5, 5.41) is 2.17. The van der Waals surface area contributed by atoms with Crippen molar-refractivity contribution >= 4 is 51.7 Å². The zero-order valence-corrected chi connectivity index (χ0v) is 16.1. The summed E-state index contributed by atoms with van der Waals surface area (Å²) >= 11 is 17.5. The van der Waals surface area contributed by atoms with Gasteiger partial charge in [0.1, 0.15) is 11.5 Å². The summed E-state index contributed by atoms with van der Waals surface area (Å²) in [6.07, 6.45) is -11.5. The number of alkyl halides is 8. The summed E-state index contributed by atoms with van der Waals surface area (Å²) in [5.41, 5.74) is 0.390. The maximum atomic E-state index is 13.7. The Kier molecular flexibility index (Phi) is 5.27. The second-order valence-corrected chi connectivity index (χ2v) is 7.04. The molecule has 0 aliphatic heterocycles. The second kappa shape index (κ2) is 6.99. The van der Waals surface area contributed by atoms with Gasteiger partial charge in [-0.1, -0.05) is 34.8 Å². The van der Waals surface area contributed by atoms with Crippen molar-refractivity contribution in [3.8, 4) is 5.69 Å². The third-order valence-electron chi connectivity index (χ3n) is 3.88. The quantitative estimate of drug-likeness (QED) is 0.318. The van der Waals surface area contributed by atoms with E-state index in [1.54, 1.807) is 0 Å². The Bertz CT molecular complexity index is 1130. The van der Waals surface area contributed by atoms with E-state index in [1.807, 2.05) is 0 Å². The number of fused-ring (bicyclic) bond motifs is 1. The van der Waals surface area contributed by atoms with Crippen molar-refractivity contribution in [2.45, 2.75) is 18.3 Å². The van der Waals surface area contributed by atoms with E-state index in [0.717, 1.165) is 12.1 Å². The molecule has 0 atom stereocenters. The first-order chi connectivity index (χ1) is 13.6. The third-order valence-corrected chi connectivity index (χ3v) is 5.07. The molecule has 0 radical (unpaired) electrons. The van der Waals surface area contributed by atoms with Gasteiger partial charge in [0.15, 0.2) is 5.65 Å². The summed E-state index contributed by atoms with van der Waals surface area (Å²) in [4.78, 5) is 2.98. The van der Waals surface area contributed by atoms with Crippen LogP contribution in [0.3, 0.4) is 0 Å². The van der Waals surface area contributed by atoms with Gasteiger partial charge < -0.3 is 5.73 Å². The van der Waals surface area contributed by atoms with Crippen LogP contribution in [0.2, 0.25) is 15.1 Å². The van der Waals surface area contributed by atoms with Crippen LogP contribution in [0.1, 0.15) is 11.3 Å². The summed E-state index contributed by atoms with van der Waals surface area (Å²) in [6, 6.07) is 1.77. The molecule has 0 saturated carbocycles. The van der Waals surface area contributed by atoms with Gasteiger partial charge in [0.2, 0.25) is 0 Å². The van der Waals surface area contributed by atoms with E-state index < -0.39 is 52.5 Å². The lowest BCUT2D eigenvalue weighted by Gasteiger charge is -2.20. The fourth-order valence-corrected chi connectivity index (χ4v) is 3.09. The van der Waals surface area contributed by atoms with Crippen molar-refractivity contribution in [3.05, 3.63) is 44.5 Å². The van der Waals surface area contributed by atoms with E-state index in [4.69, 9.17) is 40.5 Å². The number of halogens is 11. The maximum absolute atomic E-state index is 13.7. The summed E-state index contributed by atoms with van der Waals surface area (Å²) < 4.78 is 106. The molecule has 2 heterocycles. The lowest BCUT2D eigenvalue weighted by Crippen LogP contribution is -2.35. The molecule has 4 nitrogen and oxygen atoms in total. The Morgan fingerprint density at radius 2 is 1.40 bits per heavy atom. The number of pyridine rings is 1. The number of rotatable bonds is 2. The Morgan fingerprint density at radius 1 is 0.867 bits per heavy atom. The van der Waals surface area contributed by atoms with Gasteiger partial charge in [-0.2, -0.15) is 35.1 Å². The number of nitrogens with two attached hydrogens (primary N) is 1. The van der Waals surface area contributed by atoms with E-state index in [2.05, 4.69) is 10.1 Å². The fourth-order valence-electron chi connectivity index (χ4n) is 2.50. The molecule has 3 rings (SSSR count). The first-order valence-electron chi connectivity index (χ1n) is 7.42. The minimum absolute atomic E-state index is 0.0985. The molecule has 15 heteroatoms. The first kappa shape index (κ1) is 22.6. The number of nitrogen functional groups attached to an aromatic ring is 1. The molecule has 0 spiro atoms. The van der Waals surface area contributed by atoms with Crippen LogP contribution < -0.4 is 5.73 Å². The highest BCUT2D eigenvalue weighted by Gasteiger charge is 2.60. The smallest absolute Gasteiger partial charge is 0.383 e. The van der Waals surface area contributed by atoms with Gasteiger partial charge in [-0.3, -0.25) is 0 Å². The summed E-state index contributed by atoms with van der Waals surface area (Å²) in [6.45, 7) is 0. The Morgan fingerprint density at radius 3 is 1.87 bits per heavy atom. The highest BCUT2D eigenvalue weighted by Crippen LogP contribution is 2.46. The maximum Gasteiger partial charge on any atom is 0.459 e. The molecule has 0 amide bonds. The number of benzene rings is 1. The molecule has 1 aromatic carbocycles. The first-order valence-corrected chi connectivity index (χ1v) is 8.55. The standard InChI is InChI=1S/C15H5Cl3F8N4/c16-6-1-4(2-7(17)10(6)18)30-11(27)9-5(14(21,22)23)3-8(28-12(9)29-30)13(19,20)15(24,25)26/h1-3H,27H2. The van der Waals surface area contributed by atoms with Crippen molar-refractivity contribution < 1.29 is 35.1 Å². The molecule has 30 heavy (non-hydrogen) atoms. The molecule has 2 aromatic heterocycles. The van der Waals surface area contributed by atoms with E-state index in [0.29, 0.717) is 4.68 Å². The fraction of sp³-hybridized carbons (Fsp3) is 0.200. The normalized spacial score (nSPS) is 13.3. The van der Waals surface area contributed by atoms with Crippen LogP contribution in [-0.4, -0.2) is 20.9 Å². The minimum atomic E-state index is -6.19. The van der Waals surface area contributed by atoms with Crippen LogP contribution in [0.25, 0.3) is 16.7 Å². The molecule has 0 unspecified atom stereocenters. The second-order valence-electron chi connectivity index (χ2n) is 5.84. The highest BCUT2D eigenvalue weighted by atomic mass is 35.5. The average molecular weight is 500 g/mol. The van der Waals surface area contributed by atoms with Crippen LogP contribution >= 0.6 is 34.8 Å². The monoisotopic (exact) mass is 498 g/mol. The number of hydrogen-bond acceptors (Lipinski definition) is 3. The van der Waals surface area contributed by atoms with Gasteiger partial charge in [0, 0.05) is 0 Å². The van der Waals surface area contributed by atoms with Crippen LogP contribution in [0.5, 0.6) is 0 Å². The summed E-state index contributed by atoms with van der Waals surface area (Å²) in [7, 11) is 0. The van der Waals surface area contributed by atoms with Gasteiger partial charge in [-0.15, -0.1) is 5.10 Å². The molecule has 2 N–H and O–H groups in total. The van der Waals surface area contributed by atoms with Gasteiger partial charge in [0.05, 0.1) is 31.7 Å². The van der Waals surface area contributed by atoms with E-state index >= 15 is 0 Å². The number of hydrogen-bond donors (Lipinski definition) is 1. The highest BCUT2D eigenvalue weighted by molar-refractivity contribution is 6.48. The molecule has 0 saturated heterocycles. The summed E-state index contributed by atoms with van der Waals surface area (Å²) in [5.74, 6) is -6.42. The molecule has 0 bridgehead atoms. The molecule has 0 fully saturated rings. The molecule has 0 aliphatic carbocycles. The van der Waals surface area contributed by atoms with Crippen molar-refractivity contribution in [3.63, 3.8) is 0 Å². The topological polar surface area (TPSA) is 56.7 Å². The van der Waals surface area contributed by atoms with Gasteiger partial charge in [0.25, 0.3) is 0 Å². The minimum Gasteiger partial charge on any atom is -0.383 e. The van der Waals surface area contributed by atoms with Crippen molar-refractivity contribution in [2.75, 3.05) is 5.73 Å². The van der Waals surface area contributed by atoms with Crippen molar-refractivity contribution in [1.29, 1.82) is 0 Å². The number of aromatic nitrogens is 3. The Labute approximate surface area is 176 Å². The van der Waals surface area contributed by atoms with Crippen LogP contribution in [0.4, 0.5) is 40.9 Å². The average Bonchev–Trinajstić information content (AvgIpc) is 2.93. The van der Waals surface area contributed by atoms with Gasteiger partial charge >= 0.3 is 18.3 Å². The van der Waals surface area contributed by atoms with Crippen molar-refractivity contribution in [1.82, 2.24) is 14.8 Å². The molecule has 0 aliphatic rings. The lowest BCUT2D eigenvalue weighted by atomic mass is 10.1. The predicted octanol–water partition coefficient (Wildman–Crippen LogP) is 6.64. The molecular formula is C15H5Cl3F8N4. The third kappa shape index (κ3) is 3.60. The number of nitrogens with zero attached hydrogens (tertiary/aromatic N) is 3. The molecule has 3 aromatic rings. The predicted molar refractivity (Wildman–Crippen MR) is 93.3 cm³/mol. The van der Waals surface area contributed by atoms with E-state index in [9.17, 15) is 35.1 Å². The van der Waals surface area contributed by atoms with Crippen LogP contribution in [-0.2, 0) is 12.1 Å². The SMILES string of the molecule is Nc1c2c(C(F)(F)F)cc(C(F)(F)C(F)(F)F)nc2nn1-c1cc(Cl)c(Cl)c(Cl)c1. The zero-order chi connectivity index (χ0) is 22.8. The van der Waals surface area contributed by atoms with E-state index in [-0.39, 0.29) is 20.8 Å². The van der Waals surface area contributed by atoms with E-state index in [1.165, 1.54) is 0 Å². The largest absolute Gasteiger partial charge is 0.459 e. The molecule has 162 valence electrons. The number of anilines is 1. The Hall–Kier alpha value is -2.05.